The van der Waals surface area contributed by atoms with Gasteiger partial charge in [-0.15, -0.1) is 0 Å². The minimum atomic E-state index is 0.390. The third-order valence-corrected chi connectivity index (χ3v) is 3.08. The lowest BCUT2D eigenvalue weighted by atomic mass is 10.2. The summed E-state index contributed by atoms with van der Waals surface area (Å²) < 4.78 is 0. The van der Waals surface area contributed by atoms with Gasteiger partial charge in [0, 0.05) is 38.2 Å². The van der Waals surface area contributed by atoms with E-state index in [1.807, 2.05) is 0 Å². The molecule has 0 unspecified atom stereocenters. The Morgan fingerprint density at radius 1 is 1.12 bits per heavy atom. The van der Waals surface area contributed by atoms with Gasteiger partial charge < -0.3 is 10.6 Å². The van der Waals surface area contributed by atoms with E-state index in [0.717, 1.165) is 31.5 Å². The number of anilines is 1. The van der Waals surface area contributed by atoms with Crippen molar-refractivity contribution in [1.82, 2.24) is 0 Å². The molecule has 1 aromatic carbocycles. The summed E-state index contributed by atoms with van der Waals surface area (Å²) in [6.07, 6.45) is 2.38. The van der Waals surface area contributed by atoms with E-state index in [2.05, 4.69) is 29.2 Å². The second-order valence-corrected chi connectivity index (χ2v) is 4.25. The first-order valence-electron chi connectivity index (χ1n) is 5.85. The topological polar surface area (TPSA) is 46.3 Å². The number of hydrogen-bond acceptors (Lipinski definition) is 3. The lowest BCUT2D eigenvalue weighted by Gasteiger charge is -2.22. The maximum atomic E-state index is 11.3. The molecule has 86 valence electrons. The van der Waals surface area contributed by atoms with E-state index in [9.17, 15) is 4.79 Å². The molecular formula is C13H18N2O. The number of hydrogen-bond donors (Lipinski definition) is 1. The third-order valence-electron chi connectivity index (χ3n) is 3.08. The number of nitrogens with zero attached hydrogens (tertiary/aromatic N) is 1. The van der Waals surface area contributed by atoms with Crippen LogP contribution in [0.1, 0.15) is 24.8 Å². The van der Waals surface area contributed by atoms with E-state index in [1.165, 1.54) is 5.69 Å². The highest BCUT2D eigenvalue weighted by atomic mass is 16.1. The minimum absolute atomic E-state index is 0.390. The van der Waals surface area contributed by atoms with E-state index >= 15 is 0 Å². The Labute approximate surface area is 96.2 Å². The number of ketones is 1. The largest absolute Gasteiger partial charge is 0.371 e. The highest BCUT2D eigenvalue weighted by molar-refractivity contribution is 5.79. The van der Waals surface area contributed by atoms with Crippen LogP contribution in [0.5, 0.6) is 0 Å². The van der Waals surface area contributed by atoms with Crippen LogP contribution in [0.2, 0.25) is 0 Å². The molecule has 2 rings (SSSR count). The number of carbonyl (C=O) groups excluding carboxylic acids is 1. The molecule has 0 spiro atoms. The maximum Gasteiger partial charge on any atom is 0.134 e. The van der Waals surface area contributed by atoms with Gasteiger partial charge in [0.05, 0.1) is 0 Å². The lowest BCUT2D eigenvalue weighted by molar-refractivity contribution is -0.118. The van der Waals surface area contributed by atoms with E-state index in [0.29, 0.717) is 18.7 Å². The fraction of sp³-hybridized carbons (Fsp3) is 0.462. The van der Waals surface area contributed by atoms with Crippen LogP contribution in [0, 0.1) is 0 Å². The van der Waals surface area contributed by atoms with Crippen LogP contribution in [-0.2, 0) is 11.3 Å². The fourth-order valence-electron chi connectivity index (χ4n) is 2.06. The van der Waals surface area contributed by atoms with Gasteiger partial charge in [-0.05, 0) is 24.1 Å². The molecule has 0 radical (unpaired) electrons. The van der Waals surface area contributed by atoms with Gasteiger partial charge in [0.25, 0.3) is 0 Å². The van der Waals surface area contributed by atoms with Crippen LogP contribution >= 0.6 is 0 Å². The van der Waals surface area contributed by atoms with Gasteiger partial charge >= 0.3 is 0 Å². The summed E-state index contributed by atoms with van der Waals surface area (Å²) in [5, 5.41) is 0. The van der Waals surface area contributed by atoms with Crippen LogP contribution in [0.15, 0.2) is 24.3 Å². The maximum absolute atomic E-state index is 11.3. The molecule has 3 heteroatoms. The first-order chi connectivity index (χ1) is 7.79. The fourth-order valence-corrected chi connectivity index (χ4v) is 2.06. The number of nitrogens with two attached hydrogens (primary N) is 1. The summed E-state index contributed by atoms with van der Waals surface area (Å²) in [5.74, 6) is 0.390. The summed E-state index contributed by atoms with van der Waals surface area (Å²) in [6, 6.07) is 8.31. The molecule has 0 amide bonds. The van der Waals surface area contributed by atoms with Crippen molar-refractivity contribution in [1.29, 1.82) is 0 Å². The number of Topliss-reactive ketones (excluding diaryl/α,β-unsaturated/α-hetero) is 1. The summed E-state index contributed by atoms with van der Waals surface area (Å²) in [4.78, 5) is 13.6. The Morgan fingerprint density at radius 3 is 2.56 bits per heavy atom. The predicted molar refractivity (Wildman–Crippen MR) is 65.4 cm³/mol. The van der Waals surface area contributed by atoms with Gasteiger partial charge in [-0.25, -0.2) is 0 Å². The van der Waals surface area contributed by atoms with E-state index in [1.54, 1.807) is 0 Å². The molecular weight excluding hydrogens is 200 g/mol. The van der Waals surface area contributed by atoms with Crippen molar-refractivity contribution in [2.45, 2.75) is 25.8 Å². The second kappa shape index (κ2) is 5.12. The molecule has 0 atom stereocenters. The molecule has 0 aromatic heterocycles. The molecule has 1 heterocycles. The highest BCUT2D eigenvalue weighted by Gasteiger charge is 2.13. The summed E-state index contributed by atoms with van der Waals surface area (Å²) in [5.41, 5.74) is 7.91. The average molecular weight is 218 g/mol. The van der Waals surface area contributed by atoms with Crippen molar-refractivity contribution >= 4 is 11.5 Å². The zero-order valence-corrected chi connectivity index (χ0v) is 9.48. The predicted octanol–water partition coefficient (Wildman–Crippen LogP) is 1.70. The van der Waals surface area contributed by atoms with Crippen LogP contribution in [0.25, 0.3) is 0 Å². The van der Waals surface area contributed by atoms with Crippen molar-refractivity contribution in [2.75, 3.05) is 18.0 Å². The van der Waals surface area contributed by atoms with Gasteiger partial charge in [-0.2, -0.15) is 0 Å². The van der Waals surface area contributed by atoms with E-state index in [4.69, 9.17) is 5.73 Å². The molecule has 1 fully saturated rings. The Kier molecular flexibility index (Phi) is 3.57. The van der Waals surface area contributed by atoms with Crippen molar-refractivity contribution in [3.05, 3.63) is 29.8 Å². The molecule has 0 bridgehead atoms. The van der Waals surface area contributed by atoms with E-state index < -0.39 is 0 Å². The molecule has 0 saturated carbocycles. The lowest BCUT2D eigenvalue weighted by Crippen LogP contribution is -2.24. The van der Waals surface area contributed by atoms with Gasteiger partial charge in [-0.3, -0.25) is 4.79 Å². The second-order valence-electron chi connectivity index (χ2n) is 4.25. The Balaban J connectivity index is 2.07. The SMILES string of the molecule is NCc1ccc(N2CCCC(=O)CC2)cc1. The Bertz CT molecular complexity index is 359. The summed E-state index contributed by atoms with van der Waals surface area (Å²) in [7, 11) is 0. The number of carbonyl (C=O) groups is 1. The van der Waals surface area contributed by atoms with Crippen LogP contribution in [-0.4, -0.2) is 18.9 Å². The number of rotatable bonds is 2. The molecule has 16 heavy (non-hydrogen) atoms. The van der Waals surface area contributed by atoms with Crippen LogP contribution in [0.3, 0.4) is 0 Å². The van der Waals surface area contributed by atoms with Gasteiger partial charge in [-0.1, -0.05) is 12.1 Å². The average Bonchev–Trinajstić information content (AvgIpc) is 2.54. The number of benzene rings is 1. The van der Waals surface area contributed by atoms with Crippen molar-refractivity contribution in [3.8, 4) is 0 Å². The van der Waals surface area contributed by atoms with Crippen molar-refractivity contribution in [3.63, 3.8) is 0 Å². The monoisotopic (exact) mass is 218 g/mol. The molecule has 3 nitrogen and oxygen atoms in total. The molecule has 1 aliphatic heterocycles. The third kappa shape index (κ3) is 2.61. The molecule has 1 aromatic rings. The van der Waals surface area contributed by atoms with Crippen LogP contribution < -0.4 is 10.6 Å². The van der Waals surface area contributed by atoms with Crippen molar-refractivity contribution in [2.24, 2.45) is 5.73 Å². The van der Waals surface area contributed by atoms with Crippen molar-refractivity contribution < 1.29 is 4.79 Å². The van der Waals surface area contributed by atoms with Crippen LogP contribution in [0.4, 0.5) is 5.69 Å². The zero-order chi connectivity index (χ0) is 11.4. The smallest absolute Gasteiger partial charge is 0.134 e. The first kappa shape index (κ1) is 11.1. The molecule has 1 aliphatic rings. The molecule has 1 saturated heterocycles. The van der Waals surface area contributed by atoms with Gasteiger partial charge in [0.2, 0.25) is 0 Å². The summed E-state index contributed by atoms with van der Waals surface area (Å²) >= 11 is 0. The molecule has 0 aliphatic carbocycles. The van der Waals surface area contributed by atoms with Gasteiger partial charge in [0.1, 0.15) is 5.78 Å². The Morgan fingerprint density at radius 2 is 1.88 bits per heavy atom. The minimum Gasteiger partial charge on any atom is -0.371 e. The quantitative estimate of drug-likeness (QED) is 0.822. The normalized spacial score (nSPS) is 17.3. The molecule has 2 N–H and O–H groups in total. The Hall–Kier alpha value is -1.35. The zero-order valence-electron chi connectivity index (χ0n) is 9.48. The summed E-state index contributed by atoms with van der Waals surface area (Å²) in [6.45, 7) is 2.41. The highest BCUT2D eigenvalue weighted by Crippen LogP contribution is 2.18. The van der Waals surface area contributed by atoms with Gasteiger partial charge in [0.15, 0.2) is 0 Å². The van der Waals surface area contributed by atoms with E-state index in [-0.39, 0.29) is 0 Å². The first-order valence-corrected chi connectivity index (χ1v) is 5.85. The standard InChI is InChI=1S/C13H18N2O/c14-10-11-3-5-12(6-4-11)15-8-1-2-13(16)7-9-15/h3-6H,1-2,7-10,14H2.